The molecule has 2 aromatic rings. The first-order chi connectivity index (χ1) is 12.1. The lowest BCUT2D eigenvalue weighted by Crippen LogP contribution is -2.45. The van der Waals surface area contributed by atoms with Crippen molar-refractivity contribution in [1.82, 2.24) is 15.4 Å². The van der Waals surface area contributed by atoms with E-state index in [1.165, 1.54) is 12.8 Å². The smallest absolute Gasteiger partial charge is 0.226 e. The van der Waals surface area contributed by atoms with E-state index in [9.17, 15) is 4.79 Å². The molecular formula is C20H27N3O2. The van der Waals surface area contributed by atoms with Gasteiger partial charge in [0, 0.05) is 24.2 Å². The third kappa shape index (κ3) is 4.92. The molecular weight excluding hydrogens is 314 g/mol. The molecule has 1 aromatic heterocycles. The number of hydrogen-bond acceptors (Lipinski definition) is 4. The number of benzene rings is 1. The monoisotopic (exact) mass is 341 g/mol. The van der Waals surface area contributed by atoms with Crippen LogP contribution in [0.3, 0.4) is 0 Å². The van der Waals surface area contributed by atoms with Gasteiger partial charge in [-0.2, -0.15) is 0 Å². The van der Waals surface area contributed by atoms with Gasteiger partial charge in [0.2, 0.25) is 5.91 Å². The van der Waals surface area contributed by atoms with Crippen LogP contribution in [0.4, 0.5) is 0 Å². The molecule has 0 spiro atoms. The Kier molecular flexibility index (Phi) is 5.87. The third-order valence-electron chi connectivity index (χ3n) is 5.00. The average Bonchev–Trinajstić information content (AvgIpc) is 3.09. The minimum Gasteiger partial charge on any atom is -0.356 e. The molecule has 1 aromatic carbocycles. The average molecular weight is 341 g/mol. The molecule has 0 saturated carbocycles. The molecule has 1 unspecified atom stereocenters. The molecule has 5 heteroatoms. The van der Waals surface area contributed by atoms with E-state index in [4.69, 9.17) is 4.52 Å². The van der Waals surface area contributed by atoms with Crippen LogP contribution in [0.1, 0.15) is 32.4 Å². The number of piperidine rings is 1. The van der Waals surface area contributed by atoms with Gasteiger partial charge in [-0.25, -0.2) is 0 Å². The number of amides is 1. The number of carbonyl (C=O) groups excluding carboxylic acids is 1. The van der Waals surface area contributed by atoms with E-state index in [1.807, 2.05) is 36.4 Å². The lowest BCUT2D eigenvalue weighted by atomic mass is 9.98. The van der Waals surface area contributed by atoms with Gasteiger partial charge >= 0.3 is 0 Å². The van der Waals surface area contributed by atoms with Gasteiger partial charge in [-0.1, -0.05) is 42.4 Å². The summed E-state index contributed by atoms with van der Waals surface area (Å²) in [6.45, 7) is 7.42. The summed E-state index contributed by atoms with van der Waals surface area (Å²) in [6.07, 6.45) is 2.75. The highest BCUT2D eigenvalue weighted by Gasteiger charge is 2.20. The van der Waals surface area contributed by atoms with Crippen LogP contribution in [0, 0.1) is 5.92 Å². The topological polar surface area (TPSA) is 58.4 Å². The van der Waals surface area contributed by atoms with E-state index in [0.29, 0.717) is 24.0 Å². The summed E-state index contributed by atoms with van der Waals surface area (Å²) in [4.78, 5) is 14.6. The zero-order chi connectivity index (χ0) is 17.6. The first kappa shape index (κ1) is 17.7. The molecule has 1 atom stereocenters. The fourth-order valence-corrected chi connectivity index (χ4v) is 3.22. The standard InChI is InChI=1S/C20H27N3O2/c1-15-8-10-23(11-9-15)16(2)14-21-20(24)13-18-12-19(25-22-18)17-6-4-3-5-7-17/h3-7,12,15-16H,8-11,13-14H2,1-2H3,(H,21,24). The van der Waals surface area contributed by atoms with Crippen molar-refractivity contribution in [3.8, 4) is 11.3 Å². The van der Waals surface area contributed by atoms with Crippen LogP contribution < -0.4 is 5.32 Å². The Bertz CT molecular complexity index is 675. The van der Waals surface area contributed by atoms with Crippen LogP contribution in [0.15, 0.2) is 40.9 Å². The van der Waals surface area contributed by atoms with Gasteiger partial charge in [-0.15, -0.1) is 0 Å². The zero-order valence-electron chi connectivity index (χ0n) is 15.1. The Morgan fingerprint density at radius 1 is 1.32 bits per heavy atom. The van der Waals surface area contributed by atoms with E-state index in [1.54, 1.807) is 0 Å². The van der Waals surface area contributed by atoms with Gasteiger partial charge < -0.3 is 9.84 Å². The van der Waals surface area contributed by atoms with Crippen LogP contribution in [-0.2, 0) is 11.2 Å². The predicted molar refractivity (Wildman–Crippen MR) is 98.1 cm³/mol. The number of likely N-dealkylation sites (tertiary alicyclic amines) is 1. The minimum absolute atomic E-state index is 0.00913. The minimum atomic E-state index is -0.00913. The summed E-state index contributed by atoms with van der Waals surface area (Å²) in [5.41, 5.74) is 1.63. The third-order valence-corrected chi connectivity index (χ3v) is 5.00. The molecule has 0 radical (unpaired) electrons. The van der Waals surface area contributed by atoms with Crippen molar-refractivity contribution in [1.29, 1.82) is 0 Å². The molecule has 1 aliphatic rings. The maximum atomic E-state index is 12.2. The molecule has 1 amide bonds. The number of rotatable bonds is 6. The predicted octanol–water partition coefficient (Wildman–Crippen LogP) is 3.12. The Morgan fingerprint density at radius 2 is 2.04 bits per heavy atom. The molecule has 0 aliphatic carbocycles. The highest BCUT2D eigenvalue weighted by molar-refractivity contribution is 5.78. The van der Waals surface area contributed by atoms with Gasteiger partial charge in [-0.05, 0) is 38.8 Å². The second kappa shape index (κ2) is 8.30. The fraction of sp³-hybridized carbons (Fsp3) is 0.500. The molecule has 1 saturated heterocycles. The molecule has 25 heavy (non-hydrogen) atoms. The van der Waals surface area contributed by atoms with Crippen LogP contribution in [-0.4, -0.2) is 41.6 Å². The molecule has 2 heterocycles. The Hall–Kier alpha value is -2.14. The largest absolute Gasteiger partial charge is 0.356 e. The van der Waals surface area contributed by atoms with Crippen molar-refractivity contribution in [3.05, 3.63) is 42.1 Å². The highest BCUT2D eigenvalue weighted by atomic mass is 16.5. The maximum Gasteiger partial charge on any atom is 0.226 e. The Balaban J connectivity index is 1.46. The van der Waals surface area contributed by atoms with Crippen molar-refractivity contribution >= 4 is 5.91 Å². The van der Waals surface area contributed by atoms with Crippen molar-refractivity contribution in [2.75, 3.05) is 19.6 Å². The highest BCUT2D eigenvalue weighted by Crippen LogP contribution is 2.20. The van der Waals surface area contributed by atoms with Crippen molar-refractivity contribution in [2.45, 2.75) is 39.2 Å². The summed E-state index contributed by atoms with van der Waals surface area (Å²) in [5, 5.41) is 7.04. The number of carbonyl (C=O) groups is 1. The fourth-order valence-electron chi connectivity index (χ4n) is 3.22. The van der Waals surface area contributed by atoms with Gasteiger partial charge in [0.25, 0.3) is 0 Å². The lowest BCUT2D eigenvalue weighted by molar-refractivity contribution is -0.120. The molecule has 134 valence electrons. The van der Waals surface area contributed by atoms with Gasteiger partial charge in [0.15, 0.2) is 5.76 Å². The summed E-state index contributed by atoms with van der Waals surface area (Å²) in [7, 11) is 0. The Labute approximate surface area is 149 Å². The van der Waals surface area contributed by atoms with Crippen molar-refractivity contribution < 1.29 is 9.32 Å². The second-order valence-corrected chi connectivity index (χ2v) is 7.10. The van der Waals surface area contributed by atoms with Gasteiger partial charge in [-0.3, -0.25) is 9.69 Å². The SMILES string of the molecule is CC1CCN(C(C)CNC(=O)Cc2cc(-c3ccccc3)on2)CC1. The van der Waals surface area contributed by atoms with Crippen molar-refractivity contribution in [3.63, 3.8) is 0 Å². The summed E-state index contributed by atoms with van der Waals surface area (Å²) in [5.74, 6) is 1.51. The zero-order valence-corrected chi connectivity index (χ0v) is 15.1. The molecule has 1 aliphatic heterocycles. The summed E-state index contributed by atoms with van der Waals surface area (Å²) in [6, 6.07) is 12.0. The van der Waals surface area contributed by atoms with Crippen LogP contribution in [0.25, 0.3) is 11.3 Å². The normalized spacial score (nSPS) is 17.4. The van der Waals surface area contributed by atoms with Crippen LogP contribution in [0.2, 0.25) is 0 Å². The molecule has 0 bridgehead atoms. The molecule has 5 nitrogen and oxygen atoms in total. The van der Waals surface area contributed by atoms with E-state index >= 15 is 0 Å². The number of nitrogens with zero attached hydrogens (tertiary/aromatic N) is 2. The number of hydrogen-bond donors (Lipinski definition) is 1. The van der Waals surface area contributed by atoms with E-state index in [2.05, 4.69) is 29.2 Å². The van der Waals surface area contributed by atoms with Gasteiger partial charge in [0.1, 0.15) is 0 Å². The number of nitrogens with one attached hydrogen (secondary N) is 1. The van der Waals surface area contributed by atoms with E-state index in [-0.39, 0.29) is 12.3 Å². The van der Waals surface area contributed by atoms with Crippen molar-refractivity contribution in [2.24, 2.45) is 5.92 Å². The molecule has 3 rings (SSSR count). The van der Waals surface area contributed by atoms with Crippen LogP contribution >= 0.6 is 0 Å². The lowest BCUT2D eigenvalue weighted by Gasteiger charge is -2.35. The first-order valence-electron chi connectivity index (χ1n) is 9.13. The van der Waals surface area contributed by atoms with E-state index < -0.39 is 0 Å². The maximum absolute atomic E-state index is 12.2. The first-order valence-corrected chi connectivity index (χ1v) is 9.13. The number of aromatic nitrogens is 1. The van der Waals surface area contributed by atoms with Gasteiger partial charge in [0.05, 0.1) is 12.1 Å². The second-order valence-electron chi connectivity index (χ2n) is 7.10. The molecule has 1 N–H and O–H groups in total. The Morgan fingerprint density at radius 3 is 2.76 bits per heavy atom. The quantitative estimate of drug-likeness (QED) is 0.877. The van der Waals surface area contributed by atoms with E-state index in [0.717, 1.165) is 24.6 Å². The molecule has 1 fully saturated rings. The summed E-state index contributed by atoms with van der Waals surface area (Å²) >= 11 is 0. The van der Waals surface area contributed by atoms with Crippen LogP contribution in [0.5, 0.6) is 0 Å². The summed E-state index contributed by atoms with van der Waals surface area (Å²) < 4.78 is 5.34.